The smallest absolute Gasteiger partial charge is 0.266 e. The van der Waals surface area contributed by atoms with Gasteiger partial charge in [0.05, 0.1) is 26.6 Å². The topological polar surface area (TPSA) is 65.1 Å². The Kier molecular flexibility index (Phi) is 3.11. The first-order valence-electron chi connectivity index (χ1n) is 6.73. The fourth-order valence-electron chi connectivity index (χ4n) is 2.59. The van der Waals surface area contributed by atoms with Crippen LogP contribution in [-0.4, -0.2) is 24.1 Å². The summed E-state index contributed by atoms with van der Waals surface area (Å²) < 4.78 is 3.11. The molecule has 8 heteroatoms. The molecule has 3 aromatic heterocycles. The van der Waals surface area contributed by atoms with Gasteiger partial charge < -0.3 is 0 Å². The molecule has 4 rings (SSSR count). The van der Waals surface area contributed by atoms with Gasteiger partial charge in [-0.2, -0.15) is 14.6 Å². The highest BCUT2D eigenvalue weighted by molar-refractivity contribution is 6.42. The minimum Gasteiger partial charge on any atom is -0.281 e. The zero-order valence-corrected chi connectivity index (χ0v) is 13.4. The molecule has 0 bridgehead atoms. The van der Waals surface area contributed by atoms with Crippen LogP contribution in [-0.2, 0) is 0 Å². The molecule has 6 nitrogen and oxygen atoms in total. The van der Waals surface area contributed by atoms with Crippen molar-refractivity contribution in [1.82, 2.24) is 24.1 Å². The number of benzene rings is 1. The molecule has 0 fully saturated rings. The third-order valence-electron chi connectivity index (χ3n) is 3.64. The van der Waals surface area contributed by atoms with Crippen LogP contribution >= 0.6 is 23.2 Å². The summed E-state index contributed by atoms with van der Waals surface area (Å²) in [6.07, 6.45) is 2.91. The third kappa shape index (κ3) is 2.10. The van der Waals surface area contributed by atoms with Crippen LogP contribution in [0.15, 0.2) is 41.6 Å². The molecule has 3 heterocycles. The number of rotatable bonds is 1. The average molecular weight is 346 g/mol. The molecule has 0 atom stereocenters. The molecule has 0 amide bonds. The van der Waals surface area contributed by atoms with E-state index in [1.807, 2.05) is 13.0 Å². The molecular weight excluding hydrogens is 337 g/mol. The van der Waals surface area contributed by atoms with Crippen LogP contribution in [0.1, 0.15) is 5.69 Å². The Bertz CT molecular complexity index is 1130. The van der Waals surface area contributed by atoms with E-state index in [1.165, 1.54) is 12.5 Å². The Morgan fingerprint density at radius 2 is 1.91 bits per heavy atom. The Morgan fingerprint density at radius 3 is 2.70 bits per heavy atom. The van der Waals surface area contributed by atoms with Crippen LogP contribution in [0, 0.1) is 6.92 Å². The van der Waals surface area contributed by atoms with Gasteiger partial charge in [0, 0.05) is 11.9 Å². The summed E-state index contributed by atoms with van der Waals surface area (Å²) in [7, 11) is 0. The van der Waals surface area contributed by atoms with Crippen LogP contribution in [0.2, 0.25) is 10.0 Å². The summed E-state index contributed by atoms with van der Waals surface area (Å²) in [5.74, 6) is 0.448. The maximum atomic E-state index is 12.9. The van der Waals surface area contributed by atoms with Gasteiger partial charge in [-0.1, -0.05) is 23.2 Å². The number of nitrogens with zero attached hydrogens (tertiary/aromatic N) is 5. The van der Waals surface area contributed by atoms with Gasteiger partial charge >= 0.3 is 0 Å². The van der Waals surface area contributed by atoms with Crippen LogP contribution < -0.4 is 5.56 Å². The van der Waals surface area contributed by atoms with E-state index in [9.17, 15) is 4.79 Å². The molecule has 114 valence electrons. The summed E-state index contributed by atoms with van der Waals surface area (Å²) in [5.41, 5.74) is 1.83. The summed E-state index contributed by atoms with van der Waals surface area (Å²) in [6.45, 7) is 1.84. The van der Waals surface area contributed by atoms with Crippen molar-refractivity contribution in [2.24, 2.45) is 0 Å². The molecule has 4 aromatic rings. The van der Waals surface area contributed by atoms with Gasteiger partial charge in [-0.25, -0.2) is 4.98 Å². The molecule has 0 saturated carbocycles. The van der Waals surface area contributed by atoms with Gasteiger partial charge in [-0.3, -0.25) is 9.36 Å². The molecule has 0 aliphatic heterocycles. The lowest BCUT2D eigenvalue weighted by molar-refractivity contribution is 0.926. The molecule has 0 unspecified atom stereocenters. The van der Waals surface area contributed by atoms with Crippen LogP contribution in [0.4, 0.5) is 0 Å². The van der Waals surface area contributed by atoms with Crippen molar-refractivity contribution in [3.63, 3.8) is 0 Å². The number of hydrogen-bond donors (Lipinski definition) is 0. The average Bonchev–Trinajstić information content (AvgIpc) is 2.99. The fourth-order valence-corrected chi connectivity index (χ4v) is 2.88. The molecule has 0 aliphatic carbocycles. The van der Waals surface area contributed by atoms with E-state index in [-0.39, 0.29) is 5.56 Å². The van der Waals surface area contributed by atoms with Gasteiger partial charge in [0.2, 0.25) is 0 Å². The van der Waals surface area contributed by atoms with Crippen molar-refractivity contribution >= 4 is 39.9 Å². The van der Waals surface area contributed by atoms with E-state index in [1.54, 1.807) is 27.3 Å². The molecule has 0 N–H and O–H groups in total. The zero-order chi connectivity index (χ0) is 16.1. The maximum absolute atomic E-state index is 12.9. The molecule has 0 saturated heterocycles. The van der Waals surface area contributed by atoms with Crippen molar-refractivity contribution in [1.29, 1.82) is 0 Å². The highest BCUT2D eigenvalue weighted by atomic mass is 35.5. The Morgan fingerprint density at radius 1 is 1.09 bits per heavy atom. The normalized spacial score (nSPS) is 11.4. The number of aryl methyl sites for hydroxylation is 1. The summed E-state index contributed by atoms with van der Waals surface area (Å²) in [5, 5.41) is 5.38. The highest BCUT2D eigenvalue weighted by Gasteiger charge is 2.13. The number of halogens is 2. The first-order chi connectivity index (χ1) is 11.1. The lowest BCUT2D eigenvalue weighted by Gasteiger charge is -2.12. The largest absolute Gasteiger partial charge is 0.281 e. The number of pyridine rings is 1. The van der Waals surface area contributed by atoms with E-state index < -0.39 is 0 Å². The van der Waals surface area contributed by atoms with Crippen LogP contribution in [0.5, 0.6) is 0 Å². The van der Waals surface area contributed by atoms with E-state index in [2.05, 4.69) is 15.1 Å². The predicted octanol–water partition coefficient (Wildman–Crippen LogP) is 3.04. The van der Waals surface area contributed by atoms with Crippen LogP contribution in [0.25, 0.3) is 22.4 Å². The lowest BCUT2D eigenvalue weighted by Crippen LogP contribution is -2.21. The van der Waals surface area contributed by atoms with E-state index >= 15 is 0 Å². The Balaban J connectivity index is 2.10. The predicted molar refractivity (Wildman–Crippen MR) is 88.6 cm³/mol. The Hall–Kier alpha value is -2.44. The van der Waals surface area contributed by atoms with E-state index in [0.717, 1.165) is 5.69 Å². The number of aromatic nitrogens is 5. The summed E-state index contributed by atoms with van der Waals surface area (Å²) >= 11 is 12.0. The van der Waals surface area contributed by atoms with Crippen molar-refractivity contribution in [2.75, 3.05) is 0 Å². The quantitative estimate of drug-likeness (QED) is 0.531. The van der Waals surface area contributed by atoms with Crippen LogP contribution in [0.3, 0.4) is 0 Å². The first-order valence-corrected chi connectivity index (χ1v) is 7.48. The maximum Gasteiger partial charge on any atom is 0.266 e. The van der Waals surface area contributed by atoms with E-state index in [4.69, 9.17) is 23.2 Å². The van der Waals surface area contributed by atoms with Gasteiger partial charge in [0.15, 0.2) is 0 Å². The molecule has 1 aromatic carbocycles. The summed E-state index contributed by atoms with van der Waals surface area (Å²) in [4.78, 5) is 21.1. The molecule has 0 aliphatic rings. The number of hydrogen-bond acceptors (Lipinski definition) is 4. The zero-order valence-electron chi connectivity index (χ0n) is 11.9. The molecular formula is C15H9Cl2N5O. The number of fused-ring (bicyclic) bond motifs is 3. The molecule has 0 radical (unpaired) electrons. The van der Waals surface area contributed by atoms with Crippen molar-refractivity contribution < 1.29 is 0 Å². The van der Waals surface area contributed by atoms with Crippen molar-refractivity contribution in [3.05, 3.63) is 62.9 Å². The second-order valence-electron chi connectivity index (χ2n) is 5.05. The van der Waals surface area contributed by atoms with E-state index in [0.29, 0.717) is 32.4 Å². The van der Waals surface area contributed by atoms with Crippen molar-refractivity contribution in [3.8, 4) is 5.69 Å². The third-order valence-corrected chi connectivity index (χ3v) is 4.38. The minimum atomic E-state index is -0.205. The Labute approximate surface area is 139 Å². The molecule has 0 spiro atoms. The first kappa shape index (κ1) is 14.2. The SMILES string of the molecule is Cc1cc2c(cnc3ncnn32)c(=O)n1-c1ccc(Cl)c(Cl)c1. The highest BCUT2D eigenvalue weighted by Crippen LogP contribution is 2.25. The van der Waals surface area contributed by atoms with Gasteiger partial charge in [0.25, 0.3) is 11.3 Å². The summed E-state index contributed by atoms with van der Waals surface area (Å²) in [6, 6.07) is 6.93. The second kappa shape index (κ2) is 5.04. The monoisotopic (exact) mass is 345 g/mol. The fraction of sp³-hybridized carbons (Fsp3) is 0.0667. The van der Waals surface area contributed by atoms with Gasteiger partial charge in [-0.15, -0.1) is 0 Å². The lowest BCUT2D eigenvalue weighted by atomic mass is 10.2. The minimum absolute atomic E-state index is 0.205. The second-order valence-corrected chi connectivity index (χ2v) is 5.87. The molecule has 23 heavy (non-hydrogen) atoms. The standard InChI is InChI=1S/C15H9Cl2N5O/c1-8-4-13-10(6-18-15-19-7-20-22(13)15)14(23)21(8)9-2-3-11(16)12(17)5-9/h2-7H,1H3. The van der Waals surface area contributed by atoms with Gasteiger partial charge in [0.1, 0.15) is 6.33 Å². The van der Waals surface area contributed by atoms with Crippen molar-refractivity contribution in [2.45, 2.75) is 6.92 Å². The van der Waals surface area contributed by atoms with Gasteiger partial charge in [-0.05, 0) is 31.2 Å².